The molecule has 0 N–H and O–H groups in total. The van der Waals surface area contributed by atoms with Crippen LogP contribution in [0.2, 0.25) is 0 Å². The zero-order valence-electron chi connectivity index (χ0n) is 13.0. The summed E-state index contributed by atoms with van der Waals surface area (Å²) >= 11 is 0. The van der Waals surface area contributed by atoms with E-state index in [-0.39, 0.29) is 11.4 Å². The van der Waals surface area contributed by atoms with Crippen molar-refractivity contribution < 1.29 is 19.0 Å². The molecule has 112 valence electrons. The van der Waals surface area contributed by atoms with E-state index in [2.05, 4.69) is 18.6 Å². The molecule has 0 fully saturated rings. The highest BCUT2D eigenvalue weighted by Gasteiger charge is 2.25. The highest BCUT2D eigenvalue weighted by atomic mass is 16.5. The maximum Gasteiger partial charge on any atom is 0.305 e. The molecule has 1 aromatic rings. The smallest absolute Gasteiger partial charge is 0.305 e. The van der Waals surface area contributed by atoms with Gasteiger partial charge in [0.25, 0.3) is 0 Å². The average Bonchev–Trinajstić information content (AvgIpc) is 2.46. The lowest BCUT2D eigenvalue weighted by Crippen LogP contribution is -2.19. The zero-order valence-corrected chi connectivity index (χ0v) is 13.0. The Morgan fingerprint density at radius 1 is 1.15 bits per heavy atom. The van der Waals surface area contributed by atoms with Crippen LogP contribution in [0.15, 0.2) is 18.2 Å². The molecule has 0 bridgehead atoms. The second-order valence-corrected chi connectivity index (χ2v) is 5.38. The molecule has 0 aromatic heterocycles. The number of methoxy groups -OCH3 is 3. The van der Waals surface area contributed by atoms with Crippen molar-refractivity contribution in [2.24, 2.45) is 0 Å². The van der Waals surface area contributed by atoms with Gasteiger partial charge in [0.05, 0.1) is 21.3 Å². The van der Waals surface area contributed by atoms with Crippen molar-refractivity contribution in [1.82, 2.24) is 0 Å². The first-order chi connectivity index (χ1) is 9.44. The molecule has 0 spiro atoms. The second kappa shape index (κ2) is 7.17. The van der Waals surface area contributed by atoms with E-state index in [1.165, 1.54) is 7.11 Å². The Bertz CT molecular complexity index is 452. The summed E-state index contributed by atoms with van der Waals surface area (Å²) in [6.45, 7) is 4.28. The fourth-order valence-electron chi connectivity index (χ4n) is 2.25. The lowest BCUT2D eigenvalue weighted by Gasteiger charge is -2.27. The third-order valence-electron chi connectivity index (χ3n) is 3.55. The van der Waals surface area contributed by atoms with Crippen LogP contribution in [0.25, 0.3) is 0 Å². The van der Waals surface area contributed by atoms with Gasteiger partial charge in [-0.1, -0.05) is 13.8 Å². The summed E-state index contributed by atoms with van der Waals surface area (Å²) in [6.07, 6.45) is 2.08. The number of carbonyl (C=O) groups excluding carboxylic acids is 1. The van der Waals surface area contributed by atoms with Gasteiger partial charge in [0, 0.05) is 12.0 Å². The molecular formula is C16H24O4. The number of hydrogen-bond donors (Lipinski definition) is 0. The van der Waals surface area contributed by atoms with E-state index in [9.17, 15) is 4.79 Å². The topological polar surface area (TPSA) is 44.8 Å². The number of hydrogen-bond acceptors (Lipinski definition) is 4. The molecule has 0 aliphatic heterocycles. The number of benzene rings is 1. The van der Waals surface area contributed by atoms with Gasteiger partial charge >= 0.3 is 5.97 Å². The second-order valence-electron chi connectivity index (χ2n) is 5.38. The largest absolute Gasteiger partial charge is 0.497 e. The highest BCUT2D eigenvalue weighted by molar-refractivity contribution is 5.69. The Morgan fingerprint density at radius 2 is 1.85 bits per heavy atom. The Labute approximate surface area is 121 Å². The first kappa shape index (κ1) is 16.3. The molecule has 20 heavy (non-hydrogen) atoms. The van der Waals surface area contributed by atoms with Crippen molar-refractivity contribution in [1.29, 1.82) is 0 Å². The molecule has 1 aromatic carbocycles. The van der Waals surface area contributed by atoms with Gasteiger partial charge in [-0.05, 0) is 36.5 Å². The predicted molar refractivity (Wildman–Crippen MR) is 78.4 cm³/mol. The van der Waals surface area contributed by atoms with Crippen LogP contribution in [0, 0.1) is 0 Å². The van der Waals surface area contributed by atoms with E-state index in [1.54, 1.807) is 14.2 Å². The monoisotopic (exact) mass is 280 g/mol. The van der Waals surface area contributed by atoms with E-state index in [0.717, 1.165) is 29.9 Å². The Kier molecular flexibility index (Phi) is 5.86. The van der Waals surface area contributed by atoms with Gasteiger partial charge in [-0.3, -0.25) is 4.79 Å². The van der Waals surface area contributed by atoms with Gasteiger partial charge in [0.15, 0.2) is 0 Å². The minimum absolute atomic E-state index is 0.103. The van der Waals surface area contributed by atoms with Crippen molar-refractivity contribution in [3.63, 3.8) is 0 Å². The Hall–Kier alpha value is -1.71. The third-order valence-corrected chi connectivity index (χ3v) is 3.55. The summed E-state index contributed by atoms with van der Waals surface area (Å²) in [5.41, 5.74) is 0.984. The number of ether oxygens (including phenoxy) is 3. The third kappa shape index (κ3) is 4.15. The van der Waals surface area contributed by atoms with E-state index in [4.69, 9.17) is 9.47 Å². The van der Waals surface area contributed by atoms with Gasteiger partial charge < -0.3 is 14.2 Å². The highest BCUT2D eigenvalue weighted by Crippen LogP contribution is 2.37. The van der Waals surface area contributed by atoms with Gasteiger partial charge in [-0.25, -0.2) is 0 Å². The summed E-state index contributed by atoms with van der Waals surface area (Å²) in [5.74, 6) is 1.48. The van der Waals surface area contributed by atoms with Crippen molar-refractivity contribution in [3.8, 4) is 11.5 Å². The summed E-state index contributed by atoms with van der Waals surface area (Å²) < 4.78 is 15.4. The lowest BCUT2D eigenvalue weighted by atomic mass is 9.79. The van der Waals surface area contributed by atoms with Crippen LogP contribution in [-0.4, -0.2) is 27.3 Å². The molecule has 0 saturated heterocycles. The fraction of sp³-hybridized carbons (Fsp3) is 0.562. The van der Waals surface area contributed by atoms with Crippen LogP contribution >= 0.6 is 0 Å². The van der Waals surface area contributed by atoms with Crippen LogP contribution in [0.1, 0.15) is 38.7 Å². The molecule has 0 amide bonds. The van der Waals surface area contributed by atoms with Crippen LogP contribution in [0.5, 0.6) is 11.5 Å². The maximum absolute atomic E-state index is 11.2. The molecule has 4 heteroatoms. The Morgan fingerprint density at radius 3 is 2.40 bits per heavy atom. The van der Waals surface area contributed by atoms with Gasteiger partial charge in [-0.15, -0.1) is 0 Å². The van der Waals surface area contributed by atoms with Gasteiger partial charge in [0.1, 0.15) is 11.5 Å². The van der Waals surface area contributed by atoms with Crippen molar-refractivity contribution in [2.45, 2.75) is 38.5 Å². The molecule has 0 atom stereocenters. The fourth-order valence-corrected chi connectivity index (χ4v) is 2.25. The summed E-state index contributed by atoms with van der Waals surface area (Å²) in [7, 11) is 4.73. The molecule has 0 saturated carbocycles. The Balaban J connectivity index is 2.86. The van der Waals surface area contributed by atoms with E-state index in [1.807, 2.05) is 18.2 Å². The summed E-state index contributed by atoms with van der Waals surface area (Å²) in [5, 5.41) is 0. The maximum atomic E-state index is 11.2. The average molecular weight is 280 g/mol. The molecule has 0 unspecified atom stereocenters. The number of carbonyl (C=O) groups is 1. The minimum Gasteiger partial charge on any atom is -0.497 e. The van der Waals surface area contributed by atoms with E-state index in [0.29, 0.717) is 6.42 Å². The molecule has 0 aliphatic rings. The van der Waals surface area contributed by atoms with E-state index >= 15 is 0 Å². The zero-order chi connectivity index (χ0) is 15.2. The molecular weight excluding hydrogens is 256 g/mol. The quantitative estimate of drug-likeness (QED) is 0.719. The molecule has 4 nitrogen and oxygen atoms in total. The van der Waals surface area contributed by atoms with Crippen LogP contribution < -0.4 is 9.47 Å². The first-order valence-electron chi connectivity index (χ1n) is 6.74. The van der Waals surface area contributed by atoms with Gasteiger partial charge in [-0.2, -0.15) is 0 Å². The number of esters is 1. The molecule has 1 rings (SSSR count). The minimum atomic E-state index is -0.168. The van der Waals surface area contributed by atoms with E-state index < -0.39 is 0 Å². The van der Waals surface area contributed by atoms with Crippen LogP contribution in [0.4, 0.5) is 0 Å². The molecule has 0 heterocycles. The summed E-state index contributed by atoms with van der Waals surface area (Å²) in [4.78, 5) is 11.2. The van der Waals surface area contributed by atoms with Crippen LogP contribution in [-0.2, 0) is 14.9 Å². The van der Waals surface area contributed by atoms with Crippen molar-refractivity contribution in [3.05, 3.63) is 23.8 Å². The van der Waals surface area contributed by atoms with Crippen LogP contribution in [0.3, 0.4) is 0 Å². The SMILES string of the molecule is COC(=O)CCCC(C)(C)c1cc(OC)ccc1OC. The summed E-state index contributed by atoms with van der Waals surface area (Å²) in [6, 6.07) is 5.79. The molecule has 0 radical (unpaired) electrons. The normalized spacial score (nSPS) is 11.1. The van der Waals surface area contributed by atoms with Crippen molar-refractivity contribution in [2.75, 3.05) is 21.3 Å². The van der Waals surface area contributed by atoms with Gasteiger partial charge in [0.2, 0.25) is 0 Å². The predicted octanol–water partition coefficient (Wildman–Crippen LogP) is 3.32. The van der Waals surface area contributed by atoms with Crippen molar-refractivity contribution >= 4 is 5.97 Å². The number of rotatable bonds is 7. The molecule has 0 aliphatic carbocycles. The standard InChI is InChI=1S/C16H24O4/c1-16(2,10-6-7-15(17)20-5)13-11-12(18-3)8-9-14(13)19-4/h8-9,11H,6-7,10H2,1-5H3. The lowest BCUT2D eigenvalue weighted by molar-refractivity contribution is -0.140. The first-order valence-corrected chi connectivity index (χ1v) is 6.74.